The number of rotatable bonds is 3. The maximum absolute atomic E-state index is 6.40. The van der Waals surface area contributed by atoms with Crippen LogP contribution in [0.4, 0.5) is 0 Å². The van der Waals surface area contributed by atoms with Crippen molar-refractivity contribution in [3.05, 3.63) is 90.1 Å². The van der Waals surface area contributed by atoms with E-state index in [4.69, 9.17) is 4.42 Å². The molecule has 6 aromatic rings. The number of benzene rings is 3. The molecule has 0 unspecified atom stereocenters. The predicted molar refractivity (Wildman–Crippen MR) is 134 cm³/mol. The predicted octanol–water partition coefficient (Wildman–Crippen LogP) is 6.85. The summed E-state index contributed by atoms with van der Waals surface area (Å²) in [7, 11) is 2.14. The molecule has 4 heteroatoms. The number of nitrogens with zero attached hydrogens (tertiary/aromatic N) is 3. The van der Waals surface area contributed by atoms with Crippen LogP contribution in [0.25, 0.3) is 50.2 Å². The van der Waals surface area contributed by atoms with Gasteiger partial charge in [0.15, 0.2) is 16.6 Å². The Kier molecular flexibility index (Phi) is 4.37. The minimum absolute atomic E-state index is 0.396. The van der Waals surface area contributed by atoms with E-state index in [0.717, 1.165) is 27.7 Å². The van der Waals surface area contributed by atoms with Gasteiger partial charge >= 0.3 is 0 Å². The fourth-order valence-corrected chi connectivity index (χ4v) is 5.07. The van der Waals surface area contributed by atoms with Gasteiger partial charge in [-0.3, -0.25) is 0 Å². The van der Waals surface area contributed by atoms with Crippen LogP contribution in [0.15, 0.2) is 83.4 Å². The monoisotopic (exact) mass is 432 g/mol. The van der Waals surface area contributed by atoms with Crippen molar-refractivity contribution < 1.29 is 8.98 Å². The number of pyridine rings is 1. The van der Waals surface area contributed by atoms with Gasteiger partial charge in [0.2, 0.25) is 5.71 Å². The summed E-state index contributed by atoms with van der Waals surface area (Å²) in [6.45, 7) is 6.66. The zero-order valence-electron chi connectivity index (χ0n) is 19.3. The first kappa shape index (κ1) is 19.7. The van der Waals surface area contributed by atoms with Gasteiger partial charge in [0, 0.05) is 22.5 Å². The van der Waals surface area contributed by atoms with E-state index in [1.54, 1.807) is 6.20 Å². The molecule has 4 nitrogen and oxygen atoms in total. The van der Waals surface area contributed by atoms with Gasteiger partial charge in [-0.25, -0.2) is 9.55 Å². The van der Waals surface area contributed by atoms with Crippen molar-refractivity contribution in [1.29, 1.82) is 0 Å². The van der Waals surface area contributed by atoms with E-state index in [0.29, 0.717) is 11.6 Å². The van der Waals surface area contributed by atoms with Crippen molar-refractivity contribution in [3.8, 4) is 17.1 Å². The average Bonchev–Trinajstić information content (AvgIpc) is 3.34. The Morgan fingerprint density at radius 2 is 1.67 bits per heavy atom. The molecule has 0 radical (unpaired) electrons. The van der Waals surface area contributed by atoms with Crippen LogP contribution in [0.3, 0.4) is 0 Å². The highest BCUT2D eigenvalue weighted by Crippen LogP contribution is 2.39. The van der Waals surface area contributed by atoms with Gasteiger partial charge in [-0.05, 0) is 48.7 Å². The van der Waals surface area contributed by atoms with Gasteiger partial charge in [0.25, 0.3) is 5.82 Å². The van der Waals surface area contributed by atoms with Crippen molar-refractivity contribution in [2.45, 2.75) is 26.7 Å². The standard InChI is InChI=1S/C29H26N3O/c1-18(2)20-10-5-6-12-23(20)32-25-14-8-7-13-24(25)31(4)29(32)26-19(3)15-16-21-22-11-9-17-30-28(22)33-27(21)26/h5-18H,1-4H3/q+1. The smallest absolute Gasteiger partial charge is 0.298 e. The number of aromatic nitrogens is 3. The Morgan fingerprint density at radius 3 is 2.52 bits per heavy atom. The largest absolute Gasteiger partial charge is 0.437 e. The highest BCUT2D eigenvalue weighted by Gasteiger charge is 2.31. The normalized spacial score (nSPS) is 11.9. The highest BCUT2D eigenvalue weighted by molar-refractivity contribution is 6.08. The highest BCUT2D eigenvalue weighted by atomic mass is 16.3. The summed E-state index contributed by atoms with van der Waals surface area (Å²) in [5.41, 5.74) is 8.69. The van der Waals surface area contributed by atoms with E-state index in [2.05, 4.69) is 109 Å². The Labute approximate surface area is 192 Å². The summed E-state index contributed by atoms with van der Waals surface area (Å²) in [6.07, 6.45) is 1.78. The van der Waals surface area contributed by atoms with Gasteiger partial charge in [0.1, 0.15) is 11.3 Å². The zero-order valence-corrected chi connectivity index (χ0v) is 19.3. The van der Waals surface area contributed by atoms with Crippen LogP contribution in [0.2, 0.25) is 0 Å². The second-order valence-corrected chi connectivity index (χ2v) is 9.01. The van der Waals surface area contributed by atoms with Crippen LogP contribution in [0.1, 0.15) is 30.9 Å². The second kappa shape index (κ2) is 7.31. The number of fused-ring (bicyclic) bond motifs is 4. The van der Waals surface area contributed by atoms with Crippen LogP contribution in [-0.4, -0.2) is 9.55 Å². The molecule has 0 fully saturated rings. The summed E-state index contributed by atoms with van der Waals surface area (Å²) in [4.78, 5) is 4.49. The van der Waals surface area contributed by atoms with E-state index in [1.807, 2.05) is 6.07 Å². The molecule has 0 aliphatic rings. The molecule has 6 rings (SSSR count). The number of imidazole rings is 1. The Hall–Kier alpha value is -3.92. The summed E-state index contributed by atoms with van der Waals surface area (Å²) in [5, 5.41) is 2.13. The Bertz CT molecular complexity index is 1670. The number of para-hydroxylation sites is 3. The van der Waals surface area contributed by atoms with Gasteiger partial charge in [-0.15, -0.1) is 0 Å². The molecule has 0 amide bonds. The number of hydrogen-bond donors (Lipinski definition) is 0. The molecule has 0 atom stereocenters. The molecule has 0 saturated carbocycles. The third-order valence-corrected chi connectivity index (χ3v) is 6.66. The molecular formula is C29H26N3O+. The van der Waals surface area contributed by atoms with E-state index in [1.165, 1.54) is 27.8 Å². The van der Waals surface area contributed by atoms with Crippen molar-refractivity contribution in [1.82, 2.24) is 9.55 Å². The topological polar surface area (TPSA) is 34.8 Å². The lowest BCUT2D eigenvalue weighted by atomic mass is 10.00. The molecule has 33 heavy (non-hydrogen) atoms. The minimum atomic E-state index is 0.396. The van der Waals surface area contributed by atoms with Crippen molar-refractivity contribution in [2.24, 2.45) is 7.05 Å². The van der Waals surface area contributed by atoms with Gasteiger partial charge in [-0.2, -0.15) is 4.57 Å². The lowest BCUT2D eigenvalue weighted by molar-refractivity contribution is -0.633. The molecule has 0 aliphatic carbocycles. The van der Waals surface area contributed by atoms with Crippen LogP contribution < -0.4 is 4.57 Å². The SMILES string of the molecule is Cc1ccc2c(oc3ncccc32)c1-c1n(-c2ccccc2C(C)C)c2ccccc2[n+]1C. The lowest BCUT2D eigenvalue weighted by Gasteiger charge is -2.12. The molecule has 0 aliphatic heterocycles. The van der Waals surface area contributed by atoms with E-state index in [9.17, 15) is 0 Å². The summed E-state index contributed by atoms with van der Waals surface area (Å²) >= 11 is 0. The van der Waals surface area contributed by atoms with Crippen molar-refractivity contribution in [3.63, 3.8) is 0 Å². The summed E-state index contributed by atoms with van der Waals surface area (Å²) in [5.74, 6) is 1.50. The third-order valence-electron chi connectivity index (χ3n) is 6.66. The summed E-state index contributed by atoms with van der Waals surface area (Å²) in [6, 6.07) is 25.7. The lowest BCUT2D eigenvalue weighted by Crippen LogP contribution is -2.30. The first-order valence-electron chi connectivity index (χ1n) is 11.4. The molecule has 0 spiro atoms. The van der Waals surface area contributed by atoms with Crippen LogP contribution >= 0.6 is 0 Å². The Morgan fingerprint density at radius 1 is 0.879 bits per heavy atom. The average molecular weight is 433 g/mol. The molecule has 0 bridgehead atoms. The minimum Gasteiger partial charge on any atom is -0.437 e. The third kappa shape index (κ3) is 2.83. The fraction of sp³-hybridized carbons (Fsp3) is 0.172. The number of hydrogen-bond acceptors (Lipinski definition) is 2. The molecule has 3 heterocycles. The van der Waals surface area contributed by atoms with E-state index >= 15 is 0 Å². The first-order valence-corrected chi connectivity index (χ1v) is 11.4. The molecule has 0 saturated heterocycles. The quantitative estimate of drug-likeness (QED) is 0.287. The van der Waals surface area contributed by atoms with Crippen molar-refractivity contribution >= 4 is 33.1 Å². The molecule has 162 valence electrons. The number of furan rings is 1. The van der Waals surface area contributed by atoms with E-state index < -0.39 is 0 Å². The molecular weight excluding hydrogens is 406 g/mol. The van der Waals surface area contributed by atoms with Gasteiger partial charge in [0.05, 0.1) is 7.05 Å². The maximum atomic E-state index is 6.40. The zero-order chi connectivity index (χ0) is 22.7. The van der Waals surface area contributed by atoms with Crippen LogP contribution in [0.5, 0.6) is 0 Å². The summed E-state index contributed by atoms with van der Waals surface area (Å²) < 4.78 is 11.1. The second-order valence-electron chi connectivity index (χ2n) is 9.01. The van der Waals surface area contributed by atoms with Crippen molar-refractivity contribution in [2.75, 3.05) is 0 Å². The number of aryl methyl sites for hydroxylation is 2. The van der Waals surface area contributed by atoms with E-state index in [-0.39, 0.29) is 0 Å². The van der Waals surface area contributed by atoms with Gasteiger partial charge < -0.3 is 4.42 Å². The van der Waals surface area contributed by atoms with Crippen LogP contribution in [-0.2, 0) is 7.05 Å². The molecule has 3 aromatic carbocycles. The fourth-order valence-electron chi connectivity index (χ4n) is 5.07. The maximum Gasteiger partial charge on any atom is 0.298 e. The Balaban J connectivity index is 1.81. The molecule has 3 aromatic heterocycles. The van der Waals surface area contributed by atoms with Crippen LogP contribution in [0, 0.1) is 6.92 Å². The first-order chi connectivity index (χ1) is 16.1. The van der Waals surface area contributed by atoms with Gasteiger partial charge in [-0.1, -0.05) is 56.3 Å². The molecule has 0 N–H and O–H groups in total.